The first kappa shape index (κ1) is 25.6. The van der Waals surface area contributed by atoms with Gasteiger partial charge in [0.2, 0.25) is 11.8 Å². The molecule has 1 aromatic carbocycles. The predicted octanol–water partition coefficient (Wildman–Crippen LogP) is 2.54. The lowest BCUT2D eigenvalue weighted by Gasteiger charge is -2.32. The average molecular weight is 486 g/mol. The van der Waals surface area contributed by atoms with Crippen molar-refractivity contribution in [2.75, 3.05) is 44.4 Å². The molecule has 0 bridgehead atoms. The van der Waals surface area contributed by atoms with E-state index in [1.54, 1.807) is 22.5 Å². The maximum absolute atomic E-state index is 12.3. The van der Waals surface area contributed by atoms with Gasteiger partial charge in [-0.1, -0.05) is 12.1 Å². The molecule has 1 aliphatic rings. The normalized spacial score (nSPS) is 14.9. The molecule has 0 atom stereocenters. The van der Waals surface area contributed by atoms with Crippen molar-refractivity contribution in [2.24, 2.45) is 16.9 Å². The Bertz CT molecular complexity index is 980. The Balaban J connectivity index is 1.61. The number of nitrogens with zero attached hydrogens (tertiary/aromatic N) is 4. The maximum atomic E-state index is 12.3. The summed E-state index contributed by atoms with van der Waals surface area (Å²) in [7, 11) is 3.64. The second-order valence-corrected chi connectivity index (χ2v) is 9.85. The number of hydrogen-bond acceptors (Lipinski definition) is 8. The van der Waals surface area contributed by atoms with Crippen molar-refractivity contribution >= 4 is 40.2 Å². The summed E-state index contributed by atoms with van der Waals surface area (Å²) in [6.07, 6.45) is 5.03. The zero-order valence-corrected chi connectivity index (χ0v) is 21.0. The summed E-state index contributed by atoms with van der Waals surface area (Å²) < 4.78 is 0. The Labute approximate surface area is 205 Å². The van der Waals surface area contributed by atoms with Crippen LogP contribution in [0.5, 0.6) is 0 Å². The molecule has 34 heavy (non-hydrogen) atoms. The fraction of sp³-hybridized carbons (Fsp3) is 0.500. The smallest absolute Gasteiger partial charge is 0.225 e. The van der Waals surface area contributed by atoms with E-state index in [-0.39, 0.29) is 17.7 Å². The highest BCUT2D eigenvalue weighted by molar-refractivity contribution is 7.15. The number of nitrogens with two attached hydrogens (primary N) is 1. The number of carbonyl (C=O) groups excluding carboxylic acids is 2. The number of hydrogen-bond donors (Lipinski definition) is 3. The lowest BCUT2D eigenvalue weighted by Crippen LogP contribution is -2.39. The molecule has 4 N–H and O–H groups in total. The molecule has 184 valence electrons. The maximum Gasteiger partial charge on any atom is 0.225 e. The minimum atomic E-state index is -0.113. The van der Waals surface area contributed by atoms with Crippen molar-refractivity contribution in [3.8, 4) is 0 Å². The third kappa shape index (κ3) is 7.53. The quantitative estimate of drug-likeness (QED) is 0.271. The van der Waals surface area contributed by atoms with Gasteiger partial charge in [0.25, 0.3) is 0 Å². The van der Waals surface area contributed by atoms with Gasteiger partial charge >= 0.3 is 0 Å². The molecule has 10 heteroatoms. The topological polar surface area (TPSA) is 116 Å². The number of nitrogens with one attached hydrogen (secondary N) is 2. The van der Waals surface area contributed by atoms with E-state index in [9.17, 15) is 9.59 Å². The number of anilines is 2. The Morgan fingerprint density at radius 1 is 1.24 bits per heavy atom. The van der Waals surface area contributed by atoms with E-state index in [4.69, 9.17) is 10.8 Å². The van der Waals surface area contributed by atoms with Crippen LogP contribution in [0.25, 0.3) is 0 Å². The summed E-state index contributed by atoms with van der Waals surface area (Å²) in [5.74, 6) is 5.34. The molecule has 2 amide bonds. The van der Waals surface area contributed by atoms with E-state index >= 15 is 0 Å². The van der Waals surface area contributed by atoms with Crippen molar-refractivity contribution in [1.82, 2.24) is 14.8 Å². The van der Waals surface area contributed by atoms with Crippen molar-refractivity contribution in [3.05, 3.63) is 40.4 Å². The molecule has 2 heterocycles. The molecule has 1 aliphatic heterocycles. The van der Waals surface area contributed by atoms with Gasteiger partial charge in [0.1, 0.15) is 0 Å². The summed E-state index contributed by atoms with van der Waals surface area (Å²) in [6, 6.07) is 8.30. The van der Waals surface area contributed by atoms with E-state index < -0.39 is 0 Å². The number of amides is 2. The molecular formula is C24H35N7O2S. The van der Waals surface area contributed by atoms with Gasteiger partial charge in [0.15, 0.2) is 5.13 Å². The number of thiazole rings is 1. The van der Waals surface area contributed by atoms with Gasteiger partial charge in [0, 0.05) is 50.3 Å². The summed E-state index contributed by atoms with van der Waals surface area (Å²) in [6.45, 7) is 4.66. The van der Waals surface area contributed by atoms with Gasteiger partial charge in [0.05, 0.1) is 12.2 Å². The second kappa shape index (κ2) is 12.5. The van der Waals surface area contributed by atoms with Crippen molar-refractivity contribution < 1.29 is 9.59 Å². The Morgan fingerprint density at radius 2 is 1.94 bits per heavy atom. The molecule has 0 spiro atoms. The van der Waals surface area contributed by atoms with Crippen LogP contribution in [0, 0.1) is 5.92 Å². The number of likely N-dealkylation sites (tertiary alicyclic amines) is 1. The molecule has 1 fully saturated rings. The lowest BCUT2D eigenvalue weighted by atomic mass is 9.95. The highest BCUT2D eigenvalue weighted by Crippen LogP contribution is 2.28. The van der Waals surface area contributed by atoms with Gasteiger partial charge in [-0.25, -0.2) is 4.98 Å². The van der Waals surface area contributed by atoms with Gasteiger partial charge < -0.3 is 21.4 Å². The lowest BCUT2D eigenvalue weighted by molar-refractivity contribution is -0.134. The van der Waals surface area contributed by atoms with Crippen molar-refractivity contribution in [2.45, 2.75) is 39.2 Å². The molecule has 3 rings (SSSR count). The van der Waals surface area contributed by atoms with Crippen LogP contribution in [0.4, 0.5) is 10.8 Å². The minimum Gasteiger partial charge on any atom is -0.380 e. The van der Waals surface area contributed by atoms with Crippen LogP contribution in [0.15, 0.2) is 29.4 Å². The first-order chi connectivity index (χ1) is 16.4. The molecule has 1 aromatic heterocycles. The van der Waals surface area contributed by atoms with E-state index in [0.29, 0.717) is 11.7 Å². The summed E-state index contributed by atoms with van der Waals surface area (Å²) in [5.41, 5.74) is 3.27. The summed E-state index contributed by atoms with van der Waals surface area (Å²) in [5, 5.41) is 10.2. The van der Waals surface area contributed by atoms with E-state index in [2.05, 4.69) is 32.8 Å². The van der Waals surface area contributed by atoms with Crippen LogP contribution in [0.1, 0.15) is 35.9 Å². The molecule has 1 saturated heterocycles. The van der Waals surface area contributed by atoms with E-state index in [1.165, 1.54) is 17.4 Å². The van der Waals surface area contributed by atoms with Crippen molar-refractivity contribution in [1.29, 1.82) is 0 Å². The number of rotatable bonds is 10. The first-order valence-corrected chi connectivity index (χ1v) is 12.4. The Hall–Kier alpha value is -2.98. The number of aromatic nitrogens is 1. The van der Waals surface area contributed by atoms with Gasteiger partial charge in [-0.3, -0.25) is 14.5 Å². The van der Waals surface area contributed by atoms with Gasteiger partial charge in [-0.15, -0.1) is 11.3 Å². The highest BCUT2D eigenvalue weighted by atomic mass is 32.1. The SMILES string of the molecule is CC(=O)Nc1nc(CCc2ccc(NCC=NN)cc2)c(CN2CCC(C(=O)N(C)C)CC2)s1. The second-order valence-electron chi connectivity index (χ2n) is 8.76. The van der Waals surface area contributed by atoms with Crippen LogP contribution in [-0.2, 0) is 29.0 Å². The summed E-state index contributed by atoms with van der Waals surface area (Å²) in [4.78, 5) is 33.8. The standard InChI is InChI=1S/C24H35N7O2S/c1-17(32)28-24-29-21(9-6-18-4-7-20(8-5-18)26-12-13-27-25)22(34-24)16-31-14-10-19(11-15-31)23(33)30(2)3/h4-5,7-8,13,19,26H,6,9-12,14-16,25H2,1-3H3,(H,28,29,32). The Kier molecular flexibility index (Phi) is 9.41. The first-order valence-electron chi connectivity index (χ1n) is 11.6. The molecule has 0 unspecified atom stereocenters. The summed E-state index contributed by atoms with van der Waals surface area (Å²) >= 11 is 1.55. The predicted molar refractivity (Wildman–Crippen MR) is 138 cm³/mol. The number of carbonyl (C=O) groups is 2. The Morgan fingerprint density at radius 3 is 2.56 bits per heavy atom. The minimum absolute atomic E-state index is 0.113. The van der Waals surface area contributed by atoms with Crippen LogP contribution in [0.3, 0.4) is 0 Å². The monoisotopic (exact) mass is 485 g/mol. The van der Waals surface area contributed by atoms with Crippen LogP contribution >= 0.6 is 11.3 Å². The number of piperidine rings is 1. The molecular weight excluding hydrogens is 450 g/mol. The number of benzene rings is 1. The molecule has 0 aliphatic carbocycles. The fourth-order valence-corrected chi connectivity index (χ4v) is 5.18. The van der Waals surface area contributed by atoms with Crippen LogP contribution in [0.2, 0.25) is 0 Å². The zero-order valence-electron chi connectivity index (χ0n) is 20.2. The molecule has 2 aromatic rings. The van der Waals surface area contributed by atoms with Gasteiger partial charge in [-0.2, -0.15) is 5.10 Å². The molecule has 9 nitrogen and oxygen atoms in total. The highest BCUT2D eigenvalue weighted by Gasteiger charge is 2.27. The largest absolute Gasteiger partial charge is 0.380 e. The van der Waals surface area contributed by atoms with E-state index in [1.807, 2.05) is 26.2 Å². The average Bonchev–Trinajstić information content (AvgIpc) is 3.18. The third-order valence-corrected chi connectivity index (χ3v) is 6.91. The fourth-order valence-electron chi connectivity index (χ4n) is 4.08. The van der Waals surface area contributed by atoms with E-state index in [0.717, 1.165) is 56.7 Å². The van der Waals surface area contributed by atoms with Gasteiger partial charge in [-0.05, 0) is 56.5 Å². The molecule has 0 saturated carbocycles. The third-order valence-electron chi connectivity index (χ3n) is 5.91. The molecule has 0 radical (unpaired) electrons. The zero-order chi connectivity index (χ0) is 24.5. The number of hydrazone groups is 1. The van der Waals surface area contributed by atoms with Crippen molar-refractivity contribution in [3.63, 3.8) is 0 Å². The van der Waals surface area contributed by atoms with Crippen LogP contribution < -0.4 is 16.5 Å². The van der Waals surface area contributed by atoms with Crippen LogP contribution in [-0.4, -0.2) is 66.5 Å². The number of aryl methyl sites for hydroxylation is 2.